The standard InChI is InChI=1S/C25H23N5OS.C24H17FN4O.C22H16N6O/c1-25(2,3)24-29-22(15-32-24)28-21-14-17(19-9-4-5-10-20(19)27-21)12-11-16-7-6-8-18(13-16)23(26)30-31;25-19-10-12-20(13-11-19)27-23-15-17(21-6-1-2-7-22(21)28-23)9-8-16-4-3-5-18(14-16)24(26)29-30;23-21(28-29)17-6-3-5-15(13-17)9-10-16-14-20(27-22-24-11-4-12-25-22)26-19-8-2-1-7-18(16)19/h4-10,13-15,31H,1-3H3,(H2,26,30)(H,27,28);1-7,10-15,30H,(H2,26,29)(H,27,28);1-8,11-14,29H,(H2,23,28)(H,24,25,26,27). The number of oxime groups is 3. The Bertz CT molecular complexity index is 4920. The Morgan fingerprint density at radius 3 is 1.23 bits per heavy atom. The zero-order valence-electron chi connectivity index (χ0n) is 49.1. The van der Waals surface area contributed by atoms with Crippen molar-refractivity contribution in [3.05, 3.63) is 273 Å². The van der Waals surface area contributed by atoms with Crippen LogP contribution in [0.25, 0.3) is 32.7 Å². The number of aromatic nitrogens is 6. The van der Waals surface area contributed by atoms with Gasteiger partial charge in [-0.25, -0.2) is 34.3 Å². The topological polar surface area (TPSA) is 289 Å². The van der Waals surface area contributed by atoms with Gasteiger partial charge in [-0.3, -0.25) is 0 Å². The maximum atomic E-state index is 13.2. The highest BCUT2D eigenvalue weighted by molar-refractivity contribution is 7.10. The van der Waals surface area contributed by atoms with Crippen molar-refractivity contribution < 1.29 is 20.0 Å². The van der Waals surface area contributed by atoms with E-state index in [-0.39, 0.29) is 28.7 Å². The van der Waals surface area contributed by atoms with Gasteiger partial charge in [-0.05, 0) is 103 Å². The van der Waals surface area contributed by atoms with Crippen LogP contribution in [0.5, 0.6) is 0 Å². The summed E-state index contributed by atoms with van der Waals surface area (Å²) in [5.74, 6) is 22.0. The minimum absolute atomic E-state index is 0.00326. The molecule has 0 aliphatic heterocycles. The Kier molecular flexibility index (Phi) is 19.3. The molecule has 0 aliphatic carbocycles. The van der Waals surface area contributed by atoms with Crippen LogP contribution in [0.1, 0.15) is 75.8 Å². The van der Waals surface area contributed by atoms with Crippen molar-refractivity contribution in [2.75, 3.05) is 16.0 Å². The number of thiazole rings is 1. The zero-order chi connectivity index (χ0) is 63.7. The number of para-hydroxylation sites is 3. The Labute approximate surface area is 526 Å². The number of hydrogen-bond donors (Lipinski definition) is 9. The lowest BCUT2D eigenvalue weighted by Gasteiger charge is -2.13. The van der Waals surface area contributed by atoms with Gasteiger partial charge in [-0.2, -0.15) is 0 Å². The summed E-state index contributed by atoms with van der Waals surface area (Å²) in [5.41, 5.74) is 26.7. The van der Waals surface area contributed by atoms with Crippen LogP contribution in [0, 0.1) is 41.3 Å². The lowest BCUT2D eigenvalue weighted by Crippen LogP contribution is -2.12. The minimum Gasteiger partial charge on any atom is -0.409 e. The van der Waals surface area contributed by atoms with Gasteiger partial charge in [-0.15, -0.1) is 11.3 Å². The molecule has 0 unspecified atom stereocenters. The zero-order valence-corrected chi connectivity index (χ0v) is 49.9. The van der Waals surface area contributed by atoms with Gasteiger partial charge in [0.15, 0.2) is 17.5 Å². The number of anilines is 6. The van der Waals surface area contributed by atoms with Gasteiger partial charge in [0.05, 0.1) is 16.6 Å². The molecular formula is C71H56FN15O3S. The van der Waals surface area contributed by atoms with Gasteiger partial charge >= 0.3 is 0 Å². The van der Waals surface area contributed by atoms with E-state index in [1.54, 1.807) is 84.4 Å². The molecule has 0 saturated carbocycles. The summed E-state index contributed by atoms with van der Waals surface area (Å²) in [4.78, 5) is 27.0. The molecule has 5 aromatic heterocycles. The molecule has 0 aliphatic rings. The molecule has 12 aromatic rings. The second-order valence-electron chi connectivity index (χ2n) is 20.9. The highest BCUT2D eigenvalue weighted by Crippen LogP contribution is 2.30. The fourth-order valence-corrected chi connectivity index (χ4v) is 9.69. The normalized spacial score (nSPS) is 11.3. The number of pyridine rings is 3. The van der Waals surface area contributed by atoms with Crippen molar-refractivity contribution in [1.29, 1.82) is 0 Å². The Morgan fingerprint density at radius 2 is 0.835 bits per heavy atom. The number of nitrogens with two attached hydrogens (primary N) is 3. The second-order valence-corrected chi connectivity index (χ2v) is 21.8. The van der Waals surface area contributed by atoms with Crippen molar-refractivity contribution in [1.82, 2.24) is 29.9 Å². The van der Waals surface area contributed by atoms with Gasteiger partial charge in [0.25, 0.3) is 0 Å². The van der Waals surface area contributed by atoms with Crippen molar-refractivity contribution in [3.63, 3.8) is 0 Å². The largest absolute Gasteiger partial charge is 0.409 e. The summed E-state index contributed by atoms with van der Waals surface area (Å²) in [6.07, 6.45) is 3.32. The van der Waals surface area contributed by atoms with Gasteiger partial charge in [0, 0.05) is 95.1 Å². The number of halogens is 1. The molecule has 20 heteroatoms. The first-order chi connectivity index (χ1) is 44.2. The van der Waals surface area contributed by atoms with Crippen LogP contribution in [0.3, 0.4) is 0 Å². The molecule has 0 spiro atoms. The van der Waals surface area contributed by atoms with Crippen LogP contribution in [0.15, 0.2) is 227 Å². The van der Waals surface area contributed by atoms with Crippen LogP contribution >= 0.6 is 11.3 Å². The fourth-order valence-electron chi connectivity index (χ4n) is 8.86. The van der Waals surface area contributed by atoms with Crippen LogP contribution < -0.4 is 33.2 Å². The highest BCUT2D eigenvalue weighted by atomic mass is 32.1. The van der Waals surface area contributed by atoms with Crippen LogP contribution in [-0.2, 0) is 5.41 Å². The molecule has 0 amide bonds. The van der Waals surface area contributed by atoms with Crippen LogP contribution in [0.4, 0.5) is 39.3 Å². The third-order valence-electron chi connectivity index (χ3n) is 13.3. The summed E-state index contributed by atoms with van der Waals surface area (Å²) in [6.45, 7) is 6.44. The average Bonchev–Trinajstić information content (AvgIpc) is 2.50. The van der Waals surface area contributed by atoms with Crippen molar-refractivity contribution >= 4 is 96.5 Å². The molecule has 0 radical (unpaired) electrons. The lowest BCUT2D eigenvalue weighted by molar-refractivity contribution is 0.318. The lowest BCUT2D eigenvalue weighted by atomic mass is 9.98. The molecule has 7 aromatic carbocycles. The molecule has 5 heterocycles. The second kappa shape index (κ2) is 28.7. The summed E-state index contributed by atoms with van der Waals surface area (Å²) >= 11 is 1.63. The van der Waals surface area contributed by atoms with Crippen LogP contribution in [-0.4, -0.2) is 63.0 Å². The molecular weight excluding hydrogens is 1160 g/mol. The molecule has 0 atom stereocenters. The van der Waals surface area contributed by atoms with Gasteiger partial charge < -0.3 is 48.8 Å². The molecule has 12 rings (SSSR count). The van der Waals surface area contributed by atoms with E-state index in [0.717, 1.165) is 82.6 Å². The maximum Gasteiger partial charge on any atom is 0.228 e. The SMILES string of the molecule is CC(C)(C)c1nc(Nc2cc(C#Cc3cccc(C(N)=NO)c3)c3ccccc3n2)cs1.NC(=NO)c1cccc(C#Cc2cc(Nc3ccc(F)cc3)nc3ccccc23)c1.NC(=NO)c1cccc(C#Cc2cc(Nc3ncccn3)nc3ccccc23)c1. The Balaban J connectivity index is 0.000000150. The highest BCUT2D eigenvalue weighted by Gasteiger charge is 2.19. The number of rotatable bonds is 9. The van der Waals surface area contributed by atoms with E-state index in [9.17, 15) is 4.39 Å². The molecule has 0 saturated heterocycles. The first kappa shape index (κ1) is 61.4. The first-order valence-electron chi connectivity index (χ1n) is 28.0. The number of benzene rings is 7. The van der Waals surface area contributed by atoms with Gasteiger partial charge in [0.1, 0.15) is 34.1 Å². The predicted octanol–water partition coefficient (Wildman–Crippen LogP) is 13.1. The monoisotopic (exact) mass is 1220 g/mol. The third kappa shape index (κ3) is 16.2. The predicted molar refractivity (Wildman–Crippen MR) is 359 cm³/mol. The number of hydrogen-bond acceptors (Lipinski definition) is 16. The number of nitrogens with zero attached hydrogens (tertiary/aromatic N) is 9. The molecule has 91 heavy (non-hydrogen) atoms. The summed E-state index contributed by atoms with van der Waals surface area (Å²) in [5, 5.41) is 51.2. The van der Waals surface area contributed by atoms with E-state index in [0.29, 0.717) is 40.1 Å². The molecule has 12 N–H and O–H groups in total. The number of fused-ring (bicyclic) bond motifs is 3. The average molecular weight is 1220 g/mol. The number of nitrogens with one attached hydrogen (secondary N) is 3. The van der Waals surface area contributed by atoms with E-state index < -0.39 is 0 Å². The summed E-state index contributed by atoms with van der Waals surface area (Å²) in [6, 6.07) is 58.4. The summed E-state index contributed by atoms with van der Waals surface area (Å²) < 4.78 is 13.2. The van der Waals surface area contributed by atoms with E-state index in [1.807, 2.05) is 127 Å². The number of amidine groups is 3. The molecule has 0 bridgehead atoms. The Hall–Kier alpha value is -12.7. The summed E-state index contributed by atoms with van der Waals surface area (Å²) in [7, 11) is 0. The quantitative estimate of drug-likeness (QED) is 0.0213. The van der Waals surface area contributed by atoms with E-state index in [4.69, 9.17) is 42.8 Å². The van der Waals surface area contributed by atoms with E-state index in [1.165, 1.54) is 12.1 Å². The fraction of sp³-hybridized carbons (Fsp3) is 0.0563. The maximum absolute atomic E-state index is 13.2. The molecule has 0 fully saturated rings. The van der Waals surface area contributed by atoms with Crippen molar-refractivity contribution in [3.8, 4) is 35.5 Å². The molecule has 446 valence electrons. The van der Waals surface area contributed by atoms with Crippen molar-refractivity contribution in [2.45, 2.75) is 26.2 Å². The third-order valence-corrected chi connectivity index (χ3v) is 14.6. The van der Waals surface area contributed by atoms with E-state index >= 15 is 0 Å². The van der Waals surface area contributed by atoms with Gasteiger partial charge in [0.2, 0.25) is 5.95 Å². The van der Waals surface area contributed by atoms with E-state index in [2.05, 4.69) is 108 Å². The minimum atomic E-state index is -0.298. The molecule has 18 nitrogen and oxygen atoms in total. The van der Waals surface area contributed by atoms with Gasteiger partial charge in [-0.1, -0.05) is 163 Å². The van der Waals surface area contributed by atoms with Crippen molar-refractivity contribution in [2.24, 2.45) is 32.7 Å². The Morgan fingerprint density at radius 1 is 0.440 bits per heavy atom. The van der Waals surface area contributed by atoms with Crippen LogP contribution in [0.2, 0.25) is 0 Å². The smallest absolute Gasteiger partial charge is 0.228 e. The first-order valence-corrected chi connectivity index (χ1v) is 28.9.